The van der Waals surface area contributed by atoms with Gasteiger partial charge < -0.3 is 19.3 Å². The van der Waals surface area contributed by atoms with Crippen LogP contribution in [0, 0.1) is 0 Å². The van der Waals surface area contributed by atoms with Gasteiger partial charge in [-0.2, -0.15) is 0 Å². The van der Waals surface area contributed by atoms with Crippen molar-refractivity contribution in [3.8, 4) is 0 Å². The van der Waals surface area contributed by atoms with Gasteiger partial charge in [-0.15, -0.1) is 0 Å². The molecule has 6 heteroatoms. The fraction of sp³-hybridized carbons (Fsp3) is 0.636. The summed E-state index contributed by atoms with van der Waals surface area (Å²) in [6.45, 7) is 3.99. The molecule has 0 aliphatic heterocycles. The smallest absolute Gasteiger partial charge is 0.296 e. The number of rotatable bonds is 7. The van der Waals surface area contributed by atoms with Crippen LogP contribution in [0.2, 0.25) is 0 Å². The minimum absolute atomic E-state index is 0.0305. The van der Waals surface area contributed by atoms with Crippen LogP contribution in [0.3, 0.4) is 0 Å². The highest BCUT2D eigenvalue weighted by molar-refractivity contribution is 7.61. The van der Waals surface area contributed by atoms with Gasteiger partial charge in [-0.3, -0.25) is 4.57 Å². The van der Waals surface area contributed by atoms with Gasteiger partial charge in [0.2, 0.25) is 0 Å². The van der Waals surface area contributed by atoms with Gasteiger partial charge >= 0.3 is 0 Å². The van der Waals surface area contributed by atoms with Crippen LogP contribution in [0.25, 0.3) is 0 Å². The summed E-state index contributed by atoms with van der Waals surface area (Å²) in [5, 5.41) is 5.93. The zero-order valence-corrected chi connectivity index (χ0v) is 11.7. The Morgan fingerprint density at radius 1 is 1.47 bits per heavy atom. The van der Waals surface area contributed by atoms with Gasteiger partial charge in [-0.1, -0.05) is 20.3 Å². The third-order valence-electron chi connectivity index (χ3n) is 2.77. The first-order valence-corrected chi connectivity index (χ1v) is 7.44. The Morgan fingerprint density at radius 2 is 2.12 bits per heavy atom. The number of hydrogen-bond donors (Lipinski definition) is 2. The molecule has 0 spiro atoms. The lowest BCUT2D eigenvalue weighted by atomic mass is 10.3. The summed E-state index contributed by atoms with van der Waals surface area (Å²) in [5.41, 5.74) is 1.41. The molecule has 1 rings (SSSR count). The van der Waals surface area contributed by atoms with E-state index < -0.39 is 7.52 Å². The minimum Gasteiger partial charge on any atom is -0.468 e. The van der Waals surface area contributed by atoms with Crippen molar-refractivity contribution in [1.29, 1.82) is 0 Å². The van der Waals surface area contributed by atoms with Gasteiger partial charge in [-0.05, 0) is 6.42 Å². The molecule has 0 fully saturated rings. The average molecular weight is 260 g/mol. The van der Waals surface area contributed by atoms with Crippen LogP contribution in [-0.4, -0.2) is 19.8 Å². The summed E-state index contributed by atoms with van der Waals surface area (Å²) in [6, 6.07) is 0. The monoisotopic (exact) mass is 260 g/mol. The maximum absolute atomic E-state index is 12.6. The first kappa shape index (κ1) is 14.1. The summed E-state index contributed by atoms with van der Waals surface area (Å²) in [6.07, 6.45) is 4.91. The summed E-state index contributed by atoms with van der Waals surface area (Å²) >= 11 is 0. The van der Waals surface area contributed by atoms with Crippen molar-refractivity contribution in [2.24, 2.45) is 0 Å². The first-order valence-electron chi connectivity index (χ1n) is 5.75. The Morgan fingerprint density at radius 3 is 2.65 bits per heavy atom. The molecule has 5 nitrogen and oxygen atoms in total. The SMILES string of the molecule is CCCC(C)P(=O)(Nc1cocc1NC)OC. The van der Waals surface area contributed by atoms with Gasteiger partial charge in [0.15, 0.2) is 0 Å². The maximum Gasteiger partial charge on any atom is 0.296 e. The molecule has 0 aromatic carbocycles. The van der Waals surface area contributed by atoms with Gasteiger partial charge in [-0.25, -0.2) is 0 Å². The van der Waals surface area contributed by atoms with Crippen molar-refractivity contribution in [3.63, 3.8) is 0 Å². The minimum atomic E-state index is -2.89. The molecule has 0 saturated carbocycles. The predicted octanol–water partition coefficient (Wildman–Crippen LogP) is 3.76. The summed E-state index contributed by atoms with van der Waals surface area (Å²) in [7, 11) is 0.366. The van der Waals surface area contributed by atoms with E-state index in [1.165, 1.54) is 13.4 Å². The number of anilines is 2. The molecule has 1 aromatic rings. The third-order valence-corrected chi connectivity index (χ3v) is 5.28. The van der Waals surface area contributed by atoms with Crippen LogP contribution in [0.1, 0.15) is 26.7 Å². The van der Waals surface area contributed by atoms with Gasteiger partial charge in [0.25, 0.3) is 7.52 Å². The molecule has 0 aliphatic rings. The molecule has 98 valence electrons. The third kappa shape index (κ3) is 3.27. The molecular formula is C11H21N2O3P. The topological polar surface area (TPSA) is 63.5 Å². The van der Waals surface area contributed by atoms with E-state index in [0.717, 1.165) is 18.5 Å². The van der Waals surface area contributed by atoms with Crippen LogP contribution in [0.4, 0.5) is 11.4 Å². The van der Waals surface area contributed by atoms with E-state index in [2.05, 4.69) is 17.3 Å². The largest absolute Gasteiger partial charge is 0.468 e. The van der Waals surface area contributed by atoms with E-state index in [1.807, 2.05) is 6.92 Å². The standard InChI is InChI=1S/C11H21N2O3P/c1-5-6-9(2)17(14,15-4)13-11-8-16-7-10(11)12-3/h7-9,12H,5-6H2,1-4H3,(H,13,14). The lowest BCUT2D eigenvalue weighted by Crippen LogP contribution is -2.12. The molecule has 0 bridgehead atoms. The second-order valence-corrected chi connectivity index (χ2v) is 6.64. The lowest BCUT2D eigenvalue weighted by molar-refractivity contribution is 0.386. The first-order chi connectivity index (χ1) is 8.07. The fourth-order valence-corrected chi connectivity index (χ4v) is 3.45. The van der Waals surface area contributed by atoms with E-state index in [1.54, 1.807) is 13.3 Å². The number of hydrogen-bond acceptors (Lipinski definition) is 4. The van der Waals surface area contributed by atoms with E-state index in [-0.39, 0.29) is 5.66 Å². The summed E-state index contributed by atoms with van der Waals surface area (Å²) in [5.74, 6) is 0. The van der Waals surface area contributed by atoms with E-state index in [4.69, 9.17) is 8.94 Å². The molecule has 0 amide bonds. The zero-order chi connectivity index (χ0) is 12.9. The van der Waals surface area contributed by atoms with Gasteiger partial charge in [0.05, 0.1) is 11.3 Å². The van der Waals surface area contributed by atoms with Crippen molar-refractivity contribution in [2.45, 2.75) is 32.3 Å². The van der Waals surface area contributed by atoms with E-state index in [9.17, 15) is 4.57 Å². The molecule has 0 aliphatic carbocycles. The Labute approximate surface area is 102 Å². The number of nitrogens with one attached hydrogen (secondary N) is 2. The normalized spacial score (nSPS) is 16.2. The quantitative estimate of drug-likeness (QED) is 0.731. The zero-order valence-electron chi connectivity index (χ0n) is 10.8. The molecule has 17 heavy (non-hydrogen) atoms. The molecule has 2 N–H and O–H groups in total. The second-order valence-electron chi connectivity index (χ2n) is 3.98. The second kappa shape index (κ2) is 6.12. The summed E-state index contributed by atoms with van der Waals surface area (Å²) < 4.78 is 22.9. The molecular weight excluding hydrogens is 239 g/mol. The van der Waals surface area contributed by atoms with Crippen LogP contribution >= 0.6 is 7.52 Å². The van der Waals surface area contributed by atoms with Crippen LogP contribution in [-0.2, 0) is 9.09 Å². The van der Waals surface area contributed by atoms with Crippen molar-refractivity contribution in [3.05, 3.63) is 12.5 Å². The maximum atomic E-state index is 12.6. The predicted molar refractivity (Wildman–Crippen MR) is 70.9 cm³/mol. The highest BCUT2D eigenvalue weighted by atomic mass is 31.2. The number of furan rings is 1. The Kier molecular flexibility index (Phi) is 5.09. The van der Waals surface area contributed by atoms with Crippen LogP contribution in [0.5, 0.6) is 0 Å². The summed E-state index contributed by atoms with van der Waals surface area (Å²) in [4.78, 5) is 0. The van der Waals surface area contributed by atoms with Crippen molar-refractivity contribution in [1.82, 2.24) is 0 Å². The van der Waals surface area contributed by atoms with E-state index >= 15 is 0 Å². The lowest BCUT2D eigenvalue weighted by Gasteiger charge is -2.24. The van der Waals surface area contributed by atoms with Gasteiger partial charge in [0.1, 0.15) is 18.2 Å². The Hall–Kier alpha value is -0.930. The molecule has 2 atom stereocenters. The van der Waals surface area contributed by atoms with Crippen molar-refractivity contribution < 1.29 is 13.5 Å². The average Bonchev–Trinajstić information content (AvgIpc) is 2.76. The molecule has 1 heterocycles. The molecule has 0 radical (unpaired) electrons. The Bertz CT molecular complexity index is 392. The van der Waals surface area contributed by atoms with Crippen molar-refractivity contribution >= 4 is 18.9 Å². The Balaban J connectivity index is 2.85. The highest BCUT2D eigenvalue weighted by Crippen LogP contribution is 2.53. The molecule has 0 saturated heterocycles. The van der Waals surface area contributed by atoms with E-state index in [0.29, 0.717) is 5.69 Å². The van der Waals surface area contributed by atoms with Crippen LogP contribution in [0.15, 0.2) is 16.9 Å². The van der Waals surface area contributed by atoms with Gasteiger partial charge in [0, 0.05) is 14.2 Å². The fourth-order valence-electron chi connectivity index (χ4n) is 1.67. The molecule has 1 aromatic heterocycles. The van der Waals surface area contributed by atoms with Crippen molar-refractivity contribution in [2.75, 3.05) is 24.6 Å². The highest BCUT2D eigenvalue weighted by Gasteiger charge is 2.30. The molecule has 2 unspecified atom stereocenters. The van der Waals surface area contributed by atoms with Crippen LogP contribution < -0.4 is 10.4 Å².